The maximum Gasteiger partial charge on any atom is 0.326 e. The lowest BCUT2D eigenvalue weighted by Crippen LogP contribution is -2.26. The number of para-hydroxylation sites is 2. The van der Waals surface area contributed by atoms with Crippen LogP contribution < -0.4 is 0 Å². The van der Waals surface area contributed by atoms with Gasteiger partial charge in [0.25, 0.3) is 0 Å². The Morgan fingerprint density at radius 3 is 2.67 bits per heavy atom. The van der Waals surface area contributed by atoms with Crippen molar-refractivity contribution in [1.29, 1.82) is 0 Å². The van der Waals surface area contributed by atoms with Gasteiger partial charge in [-0.2, -0.15) is 0 Å². The van der Waals surface area contributed by atoms with Gasteiger partial charge >= 0.3 is 5.97 Å². The van der Waals surface area contributed by atoms with Gasteiger partial charge < -0.3 is 9.30 Å². The first-order valence-corrected chi connectivity index (χ1v) is 11.7. The zero-order chi connectivity index (χ0) is 21.5. The van der Waals surface area contributed by atoms with E-state index in [1.54, 1.807) is 0 Å². The average molecular weight is 471 g/mol. The lowest BCUT2D eigenvalue weighted by molar-refractivity contribution is -0.151. The van der Waals surface area contributed by atoms with E-state index >= 15 is 0 Å². The minimum absolute atomic E-state index is 0.0466. The summed E-state index contributed by atoms with van der Waals surface area (Å²) in [7, 11) is 0. The van der Waals surface area contributed by atoms with Crippen LogP contribution in [0.1, 0.15) is 52.9 Å². The molecule has 0 bridgehead atoms. The van der Waals surface area contributed by atoms with Gasteiger partial charge in [-0.25, -0.2) is 4.98 Å². The normalized spacial score (nSPS) is 18.5. The van der Waals surface area contributed by atoms with E-state index in [1.165, 1.54) is 12.8 Å². The first-order valence-electron chi connectivity index (χ1n) is 10.9. The lowest BCUT2D eigenvalue weighted by Gasteiger charge is -2.26. The van der Waals surface area contributed by atoms with Crippen molar-refractivity contribution in [2.45, 2.75) is 65.5 Å². The van der Waals surface area contributed by atoms with E-state index < -0.39 is 0 Å². The highest BCUT2D eigenvalue weighted by Gasteiger charge is 2.23. The molecule has 1 aromatic heterocycles. The van der Waals surface area contributed by atoms with Crippen molar-refractivity contribution in [3.8, 4) is 11.4 Å². The molecular weight excluding hydrogens is 440 g/mol. The van der Waals surface area contributed by atoms with Crippen molar-refractivity contribution in [1.82, 2.24) is 9.55 Å². The molecule has 0 radical (unpaired) electrons. The Kier molecular flexibility index (Phi) is 8.08. The number of halogens is 1. The van der Waals surface area contributed by atoms with Gasteiger partial charge in [0.05, 0.1) is 11.0 Å². The fourth-order valence-electron chi connectivity index (χ4n) is 3.92. The molecule has 2 atom stereocenters. The second-order valence-corrected chi connectivity index (χ2v) is 9.03. The van der Waals surface area contributed by atoms with Gasteiger partial charge in [-0.1, -0.05) is 73.8 Å². The number of aromatic nitrogens is 2. The summed E-state index contributed by atoms with van der Waals surface area (Å²) >= 11 is 3.52. The van der Waals surface area contributed by atoms with Gasteiger partial charge in [-0.05, 0) is 49.4 Å². The Labute approximate surface area is 187 Å². The molecule has 1 fully saturated rings. The van der Waals surface area contributed by atoms with Crippen molar-refractivity contribution >= 4 is 32.9 Å². The number of ether oxygens (including phenoxy) is 1. The predicted molar refractivity (Wildman–Crippen MR) is 126 cm³/mol. The summed E-state index contributed by atoms with van der Waals surface area (Å²) in [5.41, 5.74) is 2.80. The van der Waals surface area contributed by atoms with Gasteiger partial charge in [-0.3, -0.25) is 4.79 Å². The molecule has 1 aliphatic carbocycles. The smallest absolute Gasteiger partial charge is 0.326 e. The maximum absolute atomic E-state index is 12.7. The molecule has 0 spiro atoms. The van der Waals surface area contributed by atoms with Crippen molar-refractivity contribution in [2.24, 2.45) is 5.92 Å². The number of esters is 1. The standard InChI is InChI=1S/C22H23BrN2O2.C3H8/c1-15-6-4-9-18(12-15)27-21(26)14-25-20-11-3-2-10-19(20)24-22(25)16-7-5-8-17(23)13-16;1-3-2/h2-3,5,7-8,10-11,13,15,18H,4,6,9,12,14H2,1H3;3H2,1-2H3/t15-,18+;/m1./s1. The quantitative estimate of drug-likeness (QED) is 0.385. The largest absolute Gasteiger partial charge is 0.461 e. The molecule has 4 nitrogen and oxygen atoms in total. The van der Waals surface area contributed by atoms with Gasteiger partial charge in [-0.15, -0.1) is 0 Å². The third-order valence-corrected chi connectivity index (χ3v) is 5.70. The van der Waals surface area contributed by atoms with Crippen LogP contribution in [0.2, 0.25) is 0 Å². The van der Waals surface area contributed by atoms with Gasteiger partial charge in [0.1, 0.15) is 18.5 Å². The van der Waals surface area contributed by atoms with Crippen LogP contribution in [0.4, 0.5) is 0 Å². The van der Waals surface area contributed by atoms with Crippen LogP contribution in [-0.4, -0.2) is 21.6 Å². The first kappa shape index (κ1) is 22.5. The number of hydrogen-bond acceptors (Lipinski definition) is 3. The molecule has 4 rings (SSSR count). The molecule has 0 amide bonds. The molecule has 3 aromatic rings. The molecule has 160 valence electrons. The summed E-state index contributed by atoms with van der Waals surface area (Å²) in [4.78, 5) is 17.5. The van der Waals surface area contributed by atoms with Gasteiger partial charge in [0, 0.05) is 10.0 Å². The van der Waals surface area contributed by atoms with Crippen molar-refractivity contribution in [3.63, 3.8) is 0 Å². The monoisotopic (exact) mass is 470 g/mol. The molecule has 5 heteroatoms. The van der Waals surface area contributed by atoms with Crippen molar-refractivity contribution in [3.05, 3.63) is 53.0 Å². The molecule has 0 aliphatic heterocycles. The number of benzene rings is 2. The number of fused-ring (bicyclic) bond motifs is 1. The second-order valence-electron chi connectivity index (χ2n) is 8.11. The summed E-state index contributed by atoms with van der Waals surface area (Å²) in [5, 5.41) is 0. The highest BCUT2D eigenvalue weighted by atomic mass is 79.9. The number of hydrogen-bond donors (Lipinski definition) is 0. The molecule has 1 saturated carbocycles. The molecule has 1 heterocycles. The summed E-state index contributed by atoms with van der Waals surface area (Å²) in [6, 6.07) is 15.9. The lowest BCUT2D eigenvalue weighted by atomic mass is 9.89. The number of carbonyl (C=O) groups is 1. The molecule has 0 unspecified atom stereocenters. The zero-order valence-corrected chi connectivity index (χ0v) is 19.7. The number of nitrogens with zero attached hydrogens (tertiary/aromatic N) is 2. The topological polar surface area (TPSA) is 44.1 Å². The van der Waals surface area contributed by atoms with Gasteiger partial charge in [0.15, 0.2) is 0 Å². The van der Waals surface area contributed by atoms with Crippen LogP contribution in [0, 0.1) is 5.92 Å². The minimum atomic E-state index is -0.187. The van der Waals surface area contributed by atoms with E-state index in [2.05, 4.69) is 36.7 Å². The molecule has 0 N–H and O–H groups in total. The van der Waals surface area contributed by atoms with E-state index in [0.29, 0.717) is 5.92 Å². The van der Waals surface area contributed by atoms with E-state index in [9.17, 15) is 4.79 Å². The summed E-state index contributed by atoms with van der Waals surface area (Å²) in [6.45, 7) is 6.65. The highest BCUT2D eigenvalue weighted by molar-refractivity contribution is 9.10. The van der Waals surface area contributed by atoms with Crippen LogP contribution in [0.15, 0.2) is 53.0 Å². The Morgan fingerprint density at radius 1 is 1.17 bits per heavy atom. The molecule has 2 aromatic carbocycles. The first-order chi connectivity index (χ1) is 14.5. The van der Waals surface area contributed by atoms with E-state index in [0.717, 1.165) is 46.2 Å². The highest BCUT2D eigenvalue weighted by Crippen LogP contribution is 2.28. The third-order valence-electron chi connectivity index (χ3n) is 5.21. The van der Waals surface area contributed by atoms with Crippen LogP contribution in [0.3, 0.4) is 0 Å². The number of imidazole rings is 1. The SMILES string of the molecule is CCC.C[C@@H]1CCC[C@H](OC(=O)Cn2c(-c3cccc(Br)c3)nc3ccccc32)C1. The molecular formula is C25H31BrN2O2. The van der Waals surface area contributed by atoms with E-state index in [1.807, 2.05) is 53.1 Å². The van der Waals surface area contributed by atoms with Crippen LogP contribution in [0.5, 0.6) is 0 Å². The Morgan fingerprint density at radius 2 is 1.93 bits per heavy atom. The Bertz CT molecular complexity index is 982. The fraction of sp³-hybridized carbons (Fsp3) is 0.440. The van der Waals surface area contributed by atoms with Gasteiger partial charge in [0.2, 0.25) is 0 Å². The number of rotatable bonds is 4. The van der Waals surface area contributed by atoms with E-state index in [4.69, 9.17) is 9.72 Å². The van der Waals surface area contributed by atoms with E-state index in [-0.39, 0.29) is 18.6 Å². The zero-order valence-electron chi connectivity index (χ0n) is 18.1. The van der Waals surface area contributed by atoms with Crippen molar-refractivity contribution in [2.75, 3.05) is 0 Å². The summed E-state index contributed by atoms with van der Waals surface area (Å²) < 4.78 is 8.75. The van der Waals surface area contributed by atoms with Crippen LogP contribution >= 0.6 is 15.9 Å². The number of carbonyl (C=O) groups excluding carboxylic acids is 1. The third kappa shape index (κ3) is 5.72. The Balaban J connectivity index is 0.000000806. The van der Waals surface area contributed by atoms with Crippen LogP contribution in [-0.2, 0) is 16.1 Å². The summed E-state index contributed by atoms with van der Waals surface area (Å²) in [5.74, 6) is 1.22. The molecule has 30 heavy (non-hydrogen) atoms. The molecule has 1 aliphatic rings. The second kappa shape index (κ2) is 10.8. The average Bonchev–Trinajstić information content (AvgIpc) is 3.07. The van der Waals surface area contributed by atoms with Crippen LogP contribution in [0.25, 0.3) is 22.4 Å². The molecule has 0 saturated heterocycles. The predicted octanol–water partition coefficient (Wildman–Crippen LogP) is 7.00. The maximum atomic E-state index is 12.7. The van der Waals surface area contributed by atoms with Crippen molar-refractivity contribution < 1.29 is 9.53 Å². The fourth-order valence-corrected chi connectivity index (χ4v) is 4.32. The Hall–Kier alpha value is -2.14. The minimum Gasteiger partial charge on any atom is -0.461 e. The summed E-state index contributed by atoms with van der Waals surface area (Å²) in [6.07, 6.45) is 5.60.